The zero-order valence-electron chi connectivity index (χ0n) is 17.4. The van der Waals surface area contributed by atoms with Gasteiger partial charge < -0.3 is 9.84 Å². The number of thiazole rings is 1. The molecule has 0 unspecified atom stereocenters. The number of carboxylic acids is 1. The van der Waals surface area contributed by atoms with E-state index in [1.807, 2.05) is 25.1 Å². The van der Waals surface area contributed by atoms with Crippen molar-refractivity contribution in [3.63, 3.8) is 0 Å². The van der Waals surface area contributed by atoms with Gasteiger partial charge in [0.05, 0.1) is 27.5 Å². The number of hydrogen-bond donors (Lipinski definition) is 1. The highest BCUT2D eigenvalue weighted by molar-refractivity contribution is 7.15. The van der Waals surface area contributed by atoms with Gasteiger partial charge >= 0.3 is 12.1 Å². The van der Waals surface area contributed by atoms with Gasteiger partial charge in [-0.15, -0.1) is 11.3 Å². The number of halogens is 3. The fourth-order valence-electron chi connectivity index (χ4n) is 3.12. The molecule has 0 aliphatic rings. The van der Waals surface area contributed by atoms with Crippen molar-refractivity contribution in [1.29, 1.82) is 0 Å². The van der Waals surface area contributed by atoms with Gasteiger partial charge in [0, 0.05) is 18.7 Å². The lowest BCUT2D eigenvalue weighted by atomic mass is 10.1. The minimum atomic E-state index is -4.55. The van der Waals surface area contributed by atoms with Crippen molar-refractivity contribution in [3.05, 3.63) is 70.5 Å². The van der Waals surface area contributed by atoms with Gasteiger partial charge in [-0.2, -0.15) is 18.3 Å². The molecule has 11 heteroatoms. The molecule has 1 N–H and O–H groups in total. The Kier molecular flexibility index (Phi) is 5.90. The van der Waals surface area contributed by atoms with Crippen LogP contribution in [-0.2, 0) is 19.8 Å². The summed E-state index contributed by atoms with van der Waals surface area (Å²) in [5, 5.41) is 13.1. The Morgan fingerprint density at radius 1 is 1.12 bits per heavy atom. The minimum absolute atomic E-state index is 0.0124. The van der Waals surface area contributed by atoms with E-state index in [1.165, 1.54) is 30.5 Å². The van der Waals surface area contributed by atoms with E-state index >= 15 is 0 Å². The van der Waals surface area contributed by atoms with Gasteiger partial charge in [-0.3, -0.25) is 0 Å². The molecule has 170 valence electrons. The topological polar surface area (TPSA) is 90.1 Å². The third-order valence-electron chi connectivity index (χ3n) is 4.72. The molecule has 33 heavy (non-hydrogen) atoms. The number of rotatable bonds is 6. The number of nitrogens with zero attached hydrogens (tertiary/aromatic N) is 4. The summed E-state index contributed by atoms with van der Waals surface area (Å²) in [7, 11) is 1.38. The van der Waals surface area contributed by atoms with Crippen molar-refractivity contribution in [2.45, 2.75) is 19.7 Å². The molecule has 0 amide bonds. The molecule has 0 radical (unpaired) electrons. The highest BCUT2D eigenvalue weighted by Crippen LogP contribution is 2.33. The third kappa shape index (κ3) is 4.87. The maximum Gasteiger partial charge on any atom is 0.435 e. The molecule has 0 saturated heterocycles. The molecular formula is C22H17F3N4O3S. The Morgan fingerprint density at radius 3 is 2.45 bits per heavy atom. The van der Waals surface area contributed by atoms with Gasteiger partial charge in [-0.05, 0) is 31.2 Å². The van der Waals surface area contributed by atoms with Crippen molar-refractivity contribution in [2.75, 3.05) is 0 Å². The number of aromatic carboxylic acids is 1. The number of hydrogen-bond acceptors (Lipinski definition) is 6. The largest absolute Gasteiger partial charge is 0.478 e. The fourth-order valence-corrected chi connectivity index (χ4v) is 4.06. The molecule has 7 nitrogen and oxygen atoms in total. The van der Waals surface area contributed by atoms with Crippen molar-refractivity contribution in [2.24, 2.45) is 7.05 Å². The number of benzene rings is 1. The quantitative estimate of drug-likeness (QED) is 0.413. The van der Waals surface area contributed by atoms with Crippen LogP contribution in [0, 0.1) is 6.92 Å². The molecule has 0 bridgehead atoms. The fraction of sp³-hybridized carbons (Fsp3) is 0.182. The van der Waals surface area contributed by atoms with E-state index < -0.39 is 17.8 Å². The van der Waals surface area contributed by atoms with Gasteiger partial charge in [-0.25, -0.2) is 19.4 Å². The van der Waals surface area contributed by atoms with Crippen LogP contribution in [-0.4, -0.2) is 30.8 Å². The van der Waals surface area contributed by atoms with Crippen molar-refractivity contribution in [3.8, 4) is 27.7 Å². The molecule has 1 aromatic carbocycles. The predicted molar refractivity (Wildman–Crippen MR) is 115 cm³/mol. The molecule has 3 heterocycles. The first-order chi connectivity index (χ1) is 15.6. The number of carboxylic acid groups (broad SMARTS) is 1. The number of aryl methyl sites for hydroxylation is 2. The van der Waals surface area contributed by atoms with Gasteiger partial charge in [0.1, 0.15) is 11.6 Å². The van der Waals surface area contributed by atoms with Crippen LogP contribution in [0.15, 0.2) is 48.5 Å². The predicted octanol–water partition coefficient (Wildman–Crippen LogP) is 5.21. The minimum Gasteiger partial charge on any atom is -0.478 e. The molecule has 0 fully saturated rings. The van der Waals surface area contributed by atoms with Crippen LogP contribution < -0.4 is 4.74 Å². The summed E-state index contributed by atoms with van der Waals surface area (Å²) in [6.07, 6.45) is -4.55. The Balaban J connectivity index is 1.53. The van der Waals surface area contributed by atoms with Crippen LogP contribution in [0.5, 0.6) is 5.88 Å². The van der Waals surface area contributed by atoms with E-state index in [0.29, 0.717) is 22.1 Å². The lowest BCUT2D eigenvalue weighted by Crippen LogP contribution is -2.06. The van der Waals surface area contributed by atoms with E-state index in [1.54, 1.807) is 12.1 Å². The zero-order valence-corrected chi connectivity index (χ0v) is 18.2. The van der Waals surface area contributed by atoms with Crippen molar-refractivity contribution in [1.82, 2.24) is 19.7 Å². The van der Waals surface area contributed by atoms with Gasteiger partial charge in [0.25, 0.3) is 0 Å². The number of carbonyl (C=O) groups is 1. The summed E-state index contributed by atoms with van der Waals surface area (Å²) in [5.74, 6) is -1.01. The van der Waals surface area contributed by atoms with E-state index in [4.69, 9.17) is 9.84 Å². The van der Waals surface area contributed by atoms with Gasteiger partial charge in [-0.1, -0.05) is 18.2 Å². The maximum absolute atomic E-state index is 12.8. The third-order valence-corrected chi connectivity index (χ3v) is 5.87. The number of alkyl halides is 3. The van der Waals surface area contributed by atoms with Crippen molar-refractivity contribution >= 4 is 17.3 Å². The number of aromatic nitrogens is 4. The first-order valence-electron chi connectivity index (χ1n) is 9.63. The molecule has 4 rings (SSSR count). The summed E-state index contributed by atoms with van der Waals surface area (Å²) >= 11 is 1.33. The van der Waals surface area contributed by atoms with Crippen LogP contribution in [0.2, 0.25) is 0 Å². The molecule has 0 aliphatic carbocycles. The lowest BCUT2D eigenvalue weighted by molar-refractivity contribution is -0.141. The first kappa shape index (κ1) is 22.5. The average molecular weight is 474 g/mol. The van der Waals surface area contributed by atoms with E-state index in [9.17, 15) is 18.0 Å². The monoisotopic (exact) mass is 474 g/mol. The van der Waals surface area contributed by atoms with Gasteiger partial charge in [0.15, 0.2) is 5.69 Å². The van der Waals surface area contributed by atoms with Crippen LogP contribution in [0.3, 0.4) is 0 Å². The molecule has 0 saturated carbocycles. The second-order valence-electron chi connectivity index (χ2n) is 7.09. The standard InChI is InChI=1S/C22H17F3N4O3S/c1-12-20(16-5-3-4-15(27-16)13-6-8-14(9-7-13)21(30)31)33-18(26-12)11-32-19-10-17(22(23,24)25)28-29(19)2/h3-10H,11H2,1-2H3,(H,30,31). The van der Waals surface area contributed by atoms with E-state index in [0.717, 1.165) is 21.2 Å². The maximum atomic E-state index is 12.8. The molecule has 3 aromatic heterocycles. The second-order valence-corrected chi connectivity index (χ2v) is 8.17. The van der Waals surface area contributed by atoms with Crippen LogP contribution >= 0.6 is 11.3 Å². The zero-order chi connectivity index (χ0) is 23.8. The molecule has 0 spiro atoms. The molecule has 0 aliphatic heterocycles. The highest BCUT2D eigenvalue weighted by Gasteiger charge is 2.35. The smallest absolute Gasteiger partial charge is 0.435 e. The summed E-state index contributed by atoms with van der Waals surface area (Å²) in [6.45, 7) is 1.80. The van der Waals surface area contributed by atoms with Crippen LogP contribution in [0.1, 0.15) is 26.8 Å². The number of ether oxygens (including phenoxy) is 1. The Hall–Kier alpha value is -3.73. The summed E-state index contributed by atoms with van der Waals surface area (Å²) in [4.78, 5) is 21.0. The Morgan fingerprint density at radius 2 is 1.82 bits per heavy atom. The van der Waals surface area contributed by atoms with Crippen LogP contribution in [0.4, 0.5) is 13.2 Å². The van der Waals surface area contributed by atoms with Gasteiger partial charge in [0.2, 0.25) is 5.88 Å². The lowest BCUT2D eigenvalue weighted by Gasteiger charge is -2.05. The summed E-state index contributed by atoms with van der Waals surface area (Å²) in [5.41, 5.74) is 2.00. The summed E-state index contributed by atoms with van der Waals surface area (Å²) in [6, 6.07) is 12.8. The van der Waals surface area contributed by atoms with E-state index in [2.05, 4.69) is 15.1 Å². The second kappa shape index (κ2) is 8.66. The Labute approximate surface area is 190 Å². The van der Waals surface area contributed by atoms with E-state index in [-0.39, 0.29) is 18.1 Å². The first-order valence-corrected chi connectivity index (χ1v) is 10.4. The summed E-state index contributed by atoms with van der Waals surface area (Å²) < 4.78 is 45.0. The highest BCUT2D eigenvalue weighted by atomic mass is 32.1. The molecule has 0 atom stereocenters. The number of pyridine rings is 1. The van der Waals surface area contributed by atoms with Crippen molar-refractivity contribution < 1.29 is 27.8 Å². The molecular weight excluding hydrogens is 457 g/mol. The average Bonchev–Trinajstić information content (AvgIpc) is 3.34. The van der Waals surface area contributed by atoms with Crippen LogP contribution in [0.25, 0.3) is 21.8 Å². The SMILES string of the molecule is Cc1nc(COc2cc(C(F)(F)F)nn2C)sc1-c1cccc(-c2ccc(C(=O)O)cc2)n1. The molecule has 4 aromatic rings. The Bertz CT molecular complexity index is 1310. The normalized spacial score (nSPS) is 11.5.